The van der Waals surface area contributed by atoms with Gasteiger partial charge in [-0.3, -0.25) is 4.90 Å². The van der Waals surface area contributed by atoms with E-state index in [-0.39, 0.29) is 0 Å². The Kier molecular flexibility index (Phi) is 2.31. The van der Waals surface area contributed by atoms with Gasteiger partial charge in [-0.25, -0.2) is 4.79 Å². The molecule has 0 spiro atoms. The maximum Gasteiger partial charge on any atom is 0.321 e. The Balaban J connectivity index is 2.56. The number of carbonyl (C=O) groups excluding carboxylic acids is 1. The first kappa shape index (κ1) is 8.29. The van der Waals surface area contributed by atoms with Crippen LogP contribution in [0.1, 0.15) is 13.3 Å². The van der Waals surface area contributed by atoms with Crippen molar-refractivity contribution in [3.63, 3.8) is 0 Å². The van der Waals surface area contributed by atoms with E-state index in [1.165, 1.54) is 4.90 Å². The molecule has 1 fully saturated rings. The van der Waals surface area contributed by atoms with E-state index in [4.69, 9.17) is 10.2 Å². The standard InChI is InChI=1S/C6H12N2O3/c1-2-3-8-5(10)4(9)7-6(8)11/h4-5,9-10H,2-3H2,1H3,(H,7,11). The normalized spacial score (nSPS) is 30.8. The third-order valence-electron chi connectivity index (χ3n) is 1.60. The fourth-order valence-corrected chi connectivity index (χ4v) is 1.05. The minimum absolute atomic E-state index is 0.410. The van der Waals surface area contributed by atoms with Crippen molar-refractivity contribution in [2.75, 3.05) is 6.54 Å². The number of hydrogen-bond acceptors (Lipinski definition) is 3. The van der Waals surface area contributed by atoms with Crippen molar-refractivity contribution in [2.24, 2.45) is 0 Å². The first-order valence-corrected chi connectivity index (χ1v) is 3.60. The van der Waals surface area contributed by atoms with Gasteiger partial charge in [0.05, 0.1) is 0 Å². The van der Waals surface area contributed by atoms with E-state index >= 15 is 0 Å². The Morgan fingerprint density at radius 1 is 1.64 bits per heavy atom. The summed E-state index contributed by atoms with van der Waals surface area (Å²) in [5, 5.41) is 20.3. The molecule has 0 aromatic rings. The van der Waals surface area contributed by atoms with Crippen LogP contribution in [-0.4, -0.2) is 40.1 Å². The second-order valence-corrected chi connectivity index (χ2v) is 2.50. The van der Waals surface area contributed by atoms with Crippen LogP contribution in [0.4, 0.5) is 4.79 Å². The average Bonchev–Trinajstić information content (AvgIpc) is 2.17. The predicted molar refractivity (Wildman–Crippen MR) is 37.5 cm³/mol. The molecular weight excluding hydrogens is 148 g/mol. The highest BCUT2D eigenvalue weighted by atomic mass is 16.4. The molecule has 2 unspecified atom stereocenters. The number of aliphatic hydroxyl groups excluding tert-OH is 2. The van der Waals surface area contributed by atoms with Gasteiger partial charge in [0.15, 0.2) is 12.5 Å². The number of nitrogens with one attached hydrogen (secondary N) is 1. The predicted octanol–water partition coefficient (Wildman–Crippen LogP) is -0.942. The van der Waals surface area contributed by atoms with Crippen LogP contribution in [0, 0.1) is 0 Å². The molecule has 1 saturated heterocycles. The Morgan fingerprint density at radius 2 is 2.27 bits per heavy atom. The maximum atomic E-state index is 10.9. The molecule has 0 saturated carbocycles. The largest absolute Gasteiger partial charge is 0.369 e. The molecule has 3 N–H and O–H groups in total. The van der Waals surface area contributed by atoms with E-state index in [0.717, 1.165) is 6.42 Å². The van der Waals surface area contributed by atoms with Crippen molar-refractivity contribution < 1.29 is 15.0 Å². The second-order valence-electron chi connectivity index (χ2n) is 2.50. The summed E-state index contributed by atoms with van der Waals surface area (Å²) in [6.07, 6.45) is -1.48. The molecule has 0 aromatic carbocycles. The molecule has 0 aliphatic carbocycles. The fraction of sp³-hybridized carbons (Fsp3) is 0.833. The summed E-state index contributed by atoms with van der Waals surface area (Å²) in [6, 6.07) is -0.410. The molecule has 5 nitrogen and oxygen atoms in total. The van der Waals surface area contributed by atoms with Gasteiger partial charge in [0.1, 0.15) is 0 Å². The molecule has 1 heterocycles. The van der Waals surface area contributed by atoms with E-state index in [1.807, 2.05) is 6.92 Å². The van der Waals surface area contributed by atoms with E-state index in [2.05, 4.69) is 5.32 Å². The van der Waals surface area contributed by atoms with Gasteiger partial charge in [-0.15, -0.1) is 0 Å². The van der Waals surface area contributed by atoms with Gasteiger partial charge in [0.2, 0.25) is 0 Å². The van der Waals surface area contributed by atoms with Gasteiger partial charge in [-0.05, 0) is 6.42 Å². The number of nitrogens with zero attached hydrogens (tertiary/aromatic N) is 1. The van der Waals surface area contributed by atoms with Crippen LogP contribution < -0.4 is 5.32 Å². The number of hydrogen-bond donors (Lipinski definition) is 3. The maximum absolute atomic E-state index is 10.9. The van der Waals surface area contributed by atoms with E-state index in [1.54, 1.807) is 0 Å². The van der Waals surface area contributed by atoms with E-state index in [0.29, 0.717) is 6.54 Å². The first-order chi connectivity index (χ1) is 5.16. The summed E-state index contributed by atoms with van der Waals surface area (Å²) in [7, 11) is 0. The first-order valence-electron chi connectivity index (χ1n) is 3.60. The zero-order chi connectivity index (χ0) is 8.43. The van der Waals surface area contributed by atoms with Gasteiger partial charge in [0.25, 0.3) is 0 Å². The highest BCUT2D eigenvalue weighted by Crippen LogP contribution is 2.08. The van der Waals surface area contributed by atoms with E-state index < -0.39 is 18.5 Å². The summed E-state index contributed by atoms with van der Waals surface area (Å²) in [6.45, 7) is 2.36. The highest BCUT2D eigenvalue weighted by Gasteiger charge is 2.35. The summed E-state index contributed by atoms with van der Waals surface area (Å²) >= 11 is 0. The van der Waals surface area contributed by atoms with Crippen LogP contribution in [-0.2, 0) is 0 Å². The van der Waals surface area contributed by atoms with Gasteiger partial charge in [-0.1, -0.05) is 6.92 Å². The number of aliphatic hydroxyl groups is 2. The van der Waals surface area contributed by atoms with Gasteiger partial charge in [-0.2, -0.15) is 0 Å². The topological polar surface area (TPSA) is 72.8 Å². The van der Waals surface area contributed by atoms with Crippen molar-refractivity contribution >= 4 is 6.03 Å². The second kappa shape index (κ2) is 3.06. The molecule has 0 bridgehead atoms. The van der Waals surface area contributed by atoms with Crippen LogP contribution in [0.3, 0.4) is 0 Å². The fourth-order valence-electron chi connectivity index (χ4n) is 1.05. The van der Waals surface area contributed by atoms with Crippen molar-refractivity contribution in [1.29, 1.82) is 0 Å². The van der Waals surface area contributed by atoms with Gasteiger partial charge >= 0.3 is 6.03 Å². The Bertz CT molecular complexity index is 162. The molecule has 64 valence electrons. The molecule has 0 radical (unpaired) electrons. The Hall–Kier alpha value is -0.810. The number of urea groups is 1. The van der Waals surface area contributed by atoms with E-state index in [9.17, 15) is 4.79 Å². The van der Waals surface area contributed by atoms with Gasteiger partial charge < -0.3 is 15.5 Å². The third-order valence-corrected chi connectivity index (χ3v) is 1.60. The average molecular weight is 160 g/mol. The molecular formula is C6H12N2O3. The van der Waals surface area contributed by atoms with Gasteiger partial charge in [0, 0.05) is 6.54 Å². The monoisotopic (exact) mass is 160 g/mol. The van der Waals surface area contributed by atoms with Crippen molar-refractivity contribution in [2.45, 2.75) is 25.8 Å². The number of rotatable bonds is 2. The van der Waals surface area contributed by atoms with Crippen LogP contribution in [0.25, 0.3) is 0 Å². The smallest absolute Gasteiger partial charge is 0.321 e. The quantitative estimate of drug-likeness (QED) is 0.488. The number of carbonyl (C=O) groups is 1. The Morgan fingerprint density at radius 3 is 2.64 bits per heavy atom. The lowest BCUT2D eigenvalue weighted by Gasteiger charge is -2.17. The molecule has 2 amide bonds. The molecule has 2 atom stereocenters. The van der Waals surface area contributed by atoms with Crippen molar-refractivity contribution in [1.82, 2.24) is 10.2 Å². The Labute approximate surface area is 64.6 Å². The molecule has 1 aliphatic rings. The lowest BCUT2D eigenvalue weighted by Crippen LogP contribution is -2.36. The van der Waals surface area contributed by atoms with Crippen molar-refractivity contribution in [3.8, 4) is 0 Å². The summed E-state index contributed by atoms with van der Waals surface area (Å²) in [4.78, 5) is 12.1. The van der Waals surface area contributed by atoms with Crippen molar-refractivity contribution in [3.05, 3.63) is 0 Å². The summed E-state index contributed by atoms with van der Waals surface area (Å²) in [5.41, 5.74) is 0. The highest BCUT2D eigenvalue weighted by molar-refractivity contribution is 5.76. The molecule has 1 aliphatic heterocycles. The minimum Gasteiger partial charge on any atom is -0.369 e. The van der Waals surface area contributed by atoms with Crippen LogP contribution in [0.5, 0.6) is 0 Å². The van der Waals surface area contributed by atoms with Crippen LogP contribution in [0.2, 0.25) is 0 Å². The molecule has 0 aromatic heterocycles. The molecule has 5 heteroatoms. The zero-order valence-electron chi connectivity index (χ0n) is 6.32. The molecule has 11 heavy (non-hydrogen) atoms. The van der Waals surface area contributed by atoms with Crippen LogP contribution >= 0.6 is 0 Å². The number of amides is 2. The molecule has 1 rings (SSSR count). The lowest BCUT2D eigenvalue weighted by molar-refractivity contribution is -0.0336. The lowest BCUT2D eigenvalue weighted by atomic mass is 10.4. The summed E-state index contributed by atoms with van der Waals surface area (Å²) < 4.78 is 0. The van der Waals surface area contributed by atoms with Crippen LogP contribution in [0.15, 0.2) is 0 Å². The minimum atomic E-state index is -1.14. The zero-order valence-corrected chi connectivity index (χ0v) is 6.32. The SMILES string of the molecule is CCCN1C(=O)NC(O)C1O. The third kappa shape index (κ3) is 1.44. The summed E-state index contributed by atoms with van der Waals surface area (Å²) in [5.74, 6) is 0.